The maximum atomic E-state index is 11.7. The molecule has 20 heavy (non-hydrogen) atoms. The lowest BCUT2D eigenvalue weighted by Gasteiger charge is -2.09. The number of carbonyl (C=O) groups excluding carboxylic acids is 1. The predicted octanol–water partition coefficient (Wildman–Crippen LogP) is 4.42. The minimum absolute atomic E-state index is 0.316. The smallest absolute Gasteiger partial charge is 0.337 e. The SMILES string of the molecule is C=Cc1cc2ccc(C(=O)OC)cc2c2ccccc12. The van der Waals surface area contributed by atoms with Crippen molar-refractivity contribution in [3.63, 3.8) is 0 Å². The summed E-state index contributed by atoms with van der Waals surface area (Å²) >= 11 is 0. The van der Waals surface area contributed by atoms with Crippen molar-refractivity contribution in [2.24, 2.45) is 0 Å². The van der Waals surface area contributed by atoms with Gasteiger partial charge < -0.3 is 4.74 Å². The normalized spacial score (nSPS) is 10.7. The Hall–Kier alpha value is -2.61. The molecule has 0 atom stereocenters. The van der Waals surface area contributed by atoms with Crippen molar-refractivity contribution in [1.29, 1.82) is 0 Å². The van der Waals surface area contributed by atoms with Crippen LogP contribution in [0.4, 0.5) is 0 Å². The molecule has 0 aliphatic carbocycles. The van der Waals surface area contributed by atoms with E-state index in [1.807, 2.05) is 30.3 Å². The summed E-state index contributed by atoms with van der Waals surface area (Å²) in [7, 11) is 1.39. The van der Waals surface area contributed by atoms with Gasteiger partial charge in [0, 0.05) is 0 Å². The quantitative estimate of drug-likeness (QED) is 0.504. The third-order valence-corrected chi connectivity index (χ3v) is 3.53. The molecule has 0 bridgehead atoms. The molecule has 98 valence electrons. The van der Waals surface area contributed by atoms with E-state index in [2.05, 4.69) is 24.8 Å². The van der Waals surface area contributed by atoms with Crippen molar-refractivity contribution in [1.82, 2.24) is 0 Å². The highest BCUT2D eigenvalue weighted by atomic mass is 16.5. The van der Waals surface area contributed by atoms with Gasteiger partial charge in [-0.2, -0.15) is 0 Å². The molecule has 2 nitrogen and oxygen atoms in total. The van der Waals surface area contributed by atoms with Crippen LogP contribution in [-0.2, 0) is 4.74 Å². The molecule has 0 unspecified atom stereocenters. The van der Waals surface area contributed by atoms with Gasteiger partial charge in [-0.3, -0.25) is 0 Å². The molecular formula is C18H14O2. The Balaban J connectivity index is 2.42. The van der Waals surface area contributed by atoms with Gasteiger partial charge in [-0.15, -0.1) is 0 Å². The summed E-state index contributed by atoms with van der Waals surface area (Å²) in [6, 6.07) is 15.8. The van der Waals surface area contributed by atoms with E-state index in [-0.39, 0.29) is 5.97 Å². The van der Waals surface area contributed by atoms with E-state index in [1.165, 1.54) is 7.11 Å². The lowest BCUT2D eigenvalue weighted by Crippen LogP contribution is -2.00. The highest BCUT2D eigenvalue weighted by Crippen LogP contribution is 2.30. The summed E-state index contributed by atoms with van der Waals surface area (Å²) < 4.78 is 4.79. The second-order valence-corrected chi connectivity index (χ2v) is 4.64. The van der Waals surface area contributed by atoms with Crippen molar-refractivity contribution < 1.29 is 9.53 Å². The number of ether oxygens (including phenoxy) is 1. The zero-order valence-corrected chi connectivity index (χ0v) is 11.2. The van der Waals surface area contributed by atoms with Crippen LogP contribution in [0.5, 0.6) is 0 Å². The van der Waals surface area contributed by atoms with Crippen LogP contribution in [0.2, 0.25) is 0 Å². The van der Waals surface area contributed by atoms with Gasteiger partial charge in [0.05, 0.1) is 12.7 Å². The summed E-state index contributed by atoms with van der Waals surface area (Å²) in [4.78, 5) is 11.7. The van der Waals surface area contributed by atoms with Crippen molar-refractivity contribution >= 4 is 33.6 Å². The van der Waals surface area contributed by atoms with E-state index in [9.17, 15) is 4.79 Å². The van der Waals surface area contributed by atoms with Crippen molar-refractivity contribution in [3.05, 3.63) is 66.2 Å². The molecule has 0 aliphatic heterocycles. The third-order valence-electron chi connectivity index (χ3n) is 3.53. The van der Waals surface area contributed by atoms with E-state index in [0.717, 1.165) is 27.1 Å². The summed E-state index contributed by atoms with van der Waals surface area (Å²) in [6.07, 6.45) is 1.86. The number of esters is 1. The molecule has 0 saturated carbocycles. The van der Waals surface area contributed by atoms with Crippen LogP contribution in [-0.4, -0.2) is 13.1 Å². The number of rotatable bonds is 2. The van der Waals surface area contributed by atoms with Crippen LogP contribution in [0, 0.1) is 0 Å². The Morgan fingerprint density at radius 2 is 1.80 bits per heavy atom. The highest BCUT2D eigenvalue weighted by Gasteiger charge is 2.09. The topological polar surface area (TPSA) is 26.3 Å². The maximum absolute atomic E-state index is 11.7. The maximum Gasteiger partial charge on any atom is 0.337 e. The van der Waals surface area contributed by atoms with Crippen LogP contribution >= 0.6 is 0 Å². The first-order chi connectivity index (χ1) is 9.74. The second-order valence-electron chi connectivity index (χ2n) is 4.64. The molecular weight excluding hydrogens is 248 g/mol. The fourth-order valence-corrected chi connectivity index (χ4v) is 2.54. The summed E-state index contributed by atoms with van der Waals surface area (Å²) in [5.41, 5.74) is 1.66. The molecule has 0 fully saturated rings. The first-order valence-corrected chi connectivity index (χ1v) is 6.41. The number of methoxy groups -OCH3 is 1. The molecule has 0 spiro atoms. The highest BCUT2D eigenvalue weighted by molar-refractivity contribution is 6.12. The lowest BCUT2D eigenvalue weighted by molar-refractivity contribution is 0.0601. The van der Waals surface area contributed by atoms with Gasteiger partial charge in [0.25, 0.3) is 0 Å². The van der Waals surface area contributed by atoms with Crippen LogP contribution in [0.1, 0.15) is 15.9 Å². The first kappa shape index (κ1) is 12.4. The van der Waals surface area contributed by atoms with E-state index < -0.39 is 0 Å². The minimum Gasteiger partial charge on any atom is -0.465 e. The van der Waals surface area contributed by atoms with Crippen LogP contribution in [0.3, 0.4) is 0 Å². The summed E-state index contributed by atoms with van der Waals surface area (Å²) in [5.74, 6) is -0.316. The molecule has 0 aliphatic rings. The largest absolute Gasteiger partial charge is 0.465 e. The number of benzene rings is 3. The van der Waals surface area contributed by atoms with Crippen LogP contribution in [0.25, 0.3) is 27.6 Å². The monoisotopic (exact) mass is 262 g/mol. The van der Waals surface area contributed by atoms with E-state index >= 15 is 0 Å². The van der Waals surface area contributed by atoms with Crippen LogP contribution < -0.4 is 0 Å². The van der Waals surface area contributed by atoms with Gasteiger partial charge in [-0.25, -0.2) is 4.79 Å². The van der Waals surface area contributed by atoms with Gasteiger partial charge in [-0.05, 0) is 45.3 Å². The summed E-state index contributed by atoms with van der Waals surface area (Å²) in [5, 5.41) is 4.39. The molecule has 0 radical (unpaired) electrons. The molecule has 0 saturated heterocycles. The van der Waals surface area contributed by atoms with Crippen molar-refractivity contribution in [3.8, 4) is 0 Å². The van der Waals surface area contributed by atoms with E-state index in [1.54, 1.807) is 6.07 Å². The molecule has 3 aromatic carbocycles. The molecule has 0 aromatic heterocycles. The molecule has 0 heterocycles. The predicted molar refractivity (Wildman–Crippen MR) is 82.9 cm³/mol. The van der Waals surface area contributed by atoms with E-state index in [4.69, 9.17) is 4.74 Å². The molecule has 0 amide bonds. The summed E-state index contributed by atoms with van der Waals surface area (Å²) in [6.45, 7) is 3.87. The molecule has 3 rings (SSSR count). The van der Waals surface area contributed by atoms with Gasteiger partial charge in [0.2, 0.25) is 0 Å². The van der Waals surface area contributed by atoms with Gasteiger partial charge >= 0.3 is 5.97 Å². The Morgan fingerprint density at radius 3 is 2.50 bits per heavy atom. The molecule has 2 heteroatoms. The van der Waals surface area contributed by atoms with Crippen molar-refractivity contribution in [2.45, 2.75) is 0 Å². The first-order valence-electron chi connectivity index (χ1n) is 6.41. The standard InChI is InChI=1S/C18H14O2/c1-3-12-10-13-8-9-14(18(19)20-2)11-17(13)16-7-5-4-6-15(12)16/h3-11H,1H2,2H3. The van der Waals surface area contributed by atoms with Gasteiger partial charge in [-0.1, -0.05) is 43.0 Å². The number of hydrogen-bond donors (Lipinski definition) is 0. The third kappa shape index (κ3) is 1.86. The zero-order chi connectivity index (χ0) is 14.1. The molecule has 3 aromatic rings. The number of carbonyl (C=O) groups is 1. The van der Waals surface area contributed by atoms with Gasteiger partial charge in [0.1, 0.15) is 0 Å². The Morgan fingerprint density at radius 1 is 1.05 bits per heavy atom. The fraction of sp³-hybridized carbons (Fsp3) is 0.0556. The Kier molecular flexibility index (Phi) is 2.99. The second kappa shape index (κ2) is 4.82. The average molecular weight is 262 g/mol. The Bertz CT molecular complexity index is 831. The minimum atomic E-state index is -0.316. The van der Waals surface area contributed by atoms with Crippen molar-refractivity contribution in [2.75, 3.05) is 7.11 Å². The zero-order valence-electron chi connectivity index (χ0n) is 11.2. The molecule has 0 N–H and O–H groups in total. The lowest BCUT2D eigenvalue weighted by atomic mass is 9.96. The number of hydrogen-bond acceptors (Lipinski definition) is 2. The van der Waals surface area contributed by atoms with Gasteiger partial charge in [0.15, 0.2) is 0 Å². The number of fused-ring (bicyclic) bond motifs is 3. The fourth-order valence-electron chi connectivity index (χ4n) is 2.54. The Labute approximate surface area is 117 Å². The van der Waals surface area contributed by atoms with E-state index in [0.29, 0.717) is 5.56 Å². The van der Waals surface area contributed by atoms with Crippen LogP contribution in [0.15, 0.2) is 55.1 Å². The average Bonchev–Trinajstić information content (AvgIpc) is 2.52.